The van der Waals surface area contributed by atoms with Gasteiger partial charge in [0.2, 0.25) is 10.0 Å². The van der Waals surface area contributed by atoms with Gasteiger partial charge in [0.15, 0.2) is 0 Å². The van der Waals surface area contributed by atoms with Crippen LogP contribution in [0.1, 0.15) is 38.2 Å². The number of nitrogens with one attached hydrogen (secondary N) is 1. The van der Waals surface area contributed by atoms with Gasteiger partial charge in [-0.3, -0.25) is 0 Å². The van der Waals surface area contributed by atoms with Crippen LogP contribution >= 0.6 is 0 Å². The molecule has 1 saturated carbocycles. The molecule has 2 rings (SSSR count). The van der Waals surface area contributed by atoms with Gasteiger partial charge >= 0.3 is 0 Å². The quantitative estimate of drug-likeness (QED) is 0.822. The summed E-state index contributed by atoms with van der Waals surface area (Å²) in [5.74, 6) is 0. The summed E-state index contributed by atoms with van der Waals surface area (Å²) in [4.78, 5) is 0.188. The Balaban J connectivity index is 2.31. The van der Waals surface area contributed by atoms with Crippen LogP contribution in [0.25, 0.3) is 0 Å². The molecule has 1 aromatic rings. The molecule has 0 aliphatic heterocycles. The zero-order valence-electron chi connectivity index (χ0n) is 10.9. The Labute approximate surface area is 109 Å². The average molecular weight is 268 g/mol. The van der Waals surface area contributed by atoms with Crippen LogP contribution in [0.4, 0.5) is 5.69 Å². The summed E-state index contributed by atoms with van der Waals surface area (Å²) in [6.45, 7) is 3.90. The van der Waals surface area contributed by atoms with Crippen LogP contribution < -0.4 is 10.5 Å². The van der Waals surface area contributed by atoms with Crippen molar-refractivity contribution in [2.75, 3.05) is 5.73 Å². The van der Waals surface area contributed by atoms with E-state index < -0.39 is 10.0 Å². The van der Waals surface area contributed by atoms with Crippen LogP contribution in [0.5, 0.6) is 0 Å². The van der Waals surface area contributed by atoms with Gasteiger partial charge in [0.05, 0.1) is 5.69 Å². The van der Waals surface area contributed by atoms with Crippen LogP contribution in [0.2, 0.25) is 0 Å². The molecule has 3 N–H and O–H groups in total. The van der Waals surface area contributed by atoms with Crippen LogP contribution in [0, 0.1) is 6.92 Å². The Hall–Kier alpha value is -1.07. The summed E-state index contributed by atoms with van der Waals surface area (Å²) in [6, 6.07) is 5.04. The Morgan fingerprint density at radius 3 is 2.50 bits per heavy atom. The highest BCUT2D eigenvalue weighted by Crippen LogP contribution is 2.36. The maximum atomic E-state index is 12.3. The first-order valence-electron chi connectivity index (χ1n) is 6.29. The van der Waals surface area contributed by atoms with E-state index >= 15 is 0 Å². The molecule has 0 amide bonds. The molecule has 0 aromatic heterocycles. The van der Waals surface area contributed by atoms with Crippen molar-refractivity contribution in [3.63, 3.8) is 0 Å². The van der Waals surface area contributed by atoms with Crippen molar-refractivity contribution in [3.8, 4) is 0 Å². The highest BCUT2D eigenvalue weighted by atomic mass is 32.2. The molecular weight excluding hydrogens is 248 g/mol. The molecule has 18 heavy (non-hydrogen) atoms. The van der Waals surface area contributed by atoms with Crippen LogP contribution in [-0.4, -0.2) is 14.0 Å². The highest BCUT2D eigenvalue weighted by Gasteiger charge is 2.39. The number of anilines is 1. The number of rotatable bonds is 4. The first-order chi connectivity index (χ1) is 8.38. The molecule has 1 aromatic carbocycles. The number of benzene rings is 1. The smallest absolute Gasteiger partial charge is 0.243 e. The van der Waals surface area contributed by atoms with E-state index in [9.17, 15) is 8.42 Å². The largest absolute Gasteiger partial charge is 0.398 e. The fourth-order valence-corrected chi connectivity index (χ4v) is 4.03. The van der Waals surface area contributed by atoms with E-state index in [0.717, 1.165) is 31.2 Å². The van der Waals surface area contributed by atoms with Gasteiger partial charge in [-0.2, -0.15) is 0 Å². The number of hydrogen-bond donors (Lipinski definition) is 2. The Morgan fingerprint density at radius 2 is 2.06 bits per heavy atom. The molecule has 1 fully saturated rings. The fourth-order valence-electron chi connectivity index (χ4n) is 2.38. The third kappa shape index (κ3) is 2.37. The second-order valence-corrected chi connectivity index (χ2v) is 6.79. The van der Waals surface area contributed by atoms with Gasteiger partial charge in [0, 0.05) is 5.54 Å². The van der Waals surface area contributed by atoms with Crippen molar-refractivity contribution >= 4 is 15.7 Å². The lowest BCUT2D eigenvalue weighted by atomic mass is 9.76. The molecule has 0 radical (unpaired) electrons. The van der Waals surface area contributed by atoms with Gasteiger partial charge in [0.25, 0.3) is 0 Å². The van der Waals surface area contributed by atoms with Crippen molar-refractivity contribution < 1.29 is 8.42 Å². The second-order valence-electron chi connectivity index (χ2n) is 5.13. The van der Waals surface area contributed by atoms with E-state index in [-0.39, 0.29) is 10.4 Å². The maximum absolute atomic E-state index is 12.3. The molecule has 1 aliphatic rings. The molecule has 5 heteroatoms. The molecule has 0 saturated heterocycles. The minimum absolute atomic E-state index is 0.188. The SMILES string of the molecule is CCC1(NS(=O)(=O)c2ccc(C)cc2N)CCC1. The van der Waals surface area contributed by atoms with Crippen molar-refractivity contribution in [2.24, 2.45) is 0 Å². The summed E-state index contributed by atoms with van der Waals surface area (Å²) >= 11 is 0. The molecule has 0 spiro atoms. The van der Waals surface area contributed by atoms with Crippen molar-refractivity contribution in [1.82, 2.24) is 4.72 Å². The standard InChI is InChI=1S/C13H20N2O2S/c1-3-13(7-4-8-13)15-18(16,17)12-6-5-10(2)9-11(12)14/h5-6,9,15H,3-4,7-8,14H2,1-2H3. The summed E-state index contributed by atoms with van der Waals surface area (Å²) in [6.07, 6.45) is 3.72. The van der Waals surface area contributed by atoms with Crippen molar-refractivity contribution in [3.05, 3.63) is 23.8 Å². The Morgan fingerprint density at radius 1 is 1.39 bits per heavy atom. The lowest BCUT2D eigenvalue weighted by Gasteiger charge is -2.41. The predicted octanol–water partition coefficient (Wildman–Crippen LogP) is 2.19. The molecule has 4 nitrogen and oxygen atoms in total. The lowest BCUT2D eigenvalue weighted by molar-refractivity contribution is 0.214. The third-order valence-corrected chi connectivity index (χ3v) is 5.45. The summed E-state index contributed by atoms with van der Waals surface area (Å²) in [5, 5.41) is 0. The predicted molar refractivity (Wildman–Crippen MR) is 72.8 cm³/mol. The molecule has 100 valence electrons. The number of aryl methyl sites for hydroxylation is 1. The van der Waals surface area contributed by atoms with Crippen LogP contribution in [0.15, 0.2) is 23.1 Å². The lowest BCUT2D eigenvalue weighted by Crippen LogP contribution is -2.52. The van der Waals surface area contributed by atoms with E-state index in [2.05, 4.69) is 4.72 Å². The minimum Gasteiger partial charge on any atom is -0.398 e. The maximum Gasteiger partial charge on any atom is 0.243 e. The molecule has 1 aliphatic carbocycles. The minimum atomic E-state index is -3.51. The van der Waals surface area contributed by atoms with E-state index in [4.69, 9.17) is 5.73 Å². The first-order valence-corrected chi connectivity index (χ1v) is 7.77. The highest BCUT2D eigenvalue weighted by molar-refractivity contribution is 7.89. The molecular formula is C13H20N2O2S. The molecule has 0 bridgehead atoms. The zero-order chi connectivity index (χ0) is 13.4. The topological polar surface area (TPSA) is 72.2 Å². The average Bonchev–Trinajstić information content (AvgIpc) is 2.23. The molecule has 0 unspecified atom stereocenters. The van der Waals surface area contributed by atoms with Crippen molar-refractivity contribution in [2.45, 2.75) is 50.0 Å². The van der Waals surface area contributed by atoms with Gasteiger partial charge in [-0.25, -0.2) is 13.1 Å². The van der Waals surface area contributed by atoms with E-state index in [1.54, 1.807) is 18.2 Å². The van der Waals surface area contributed by atoms with Gasteiger partial charge < -0.3 is 5.73 Å². The Bertz CT molecular complexity index is 543. The van der Waals surface area contributed by atoms with Gasteiger partial charge in [0.1, 0.15) is 4.90 Å². The second kappa shape index (κ2) is 4.55. The fraction of sp³-hybridized carbons (Fsp3) is 0.538. The third-order valence-electron chi connectivity index (χ3n) is 3.79. The van der Waals surface area contributed by atoms with Crippen molar-refractivity contribution in [1.29, 1.82) is 0 Å². The van der Waals surface area contributed by atoms with Gasteiger partial charge in [-0.05, 0) is 50.3 Å². The number of nitrogens with two attached hydrogens (primary N) is 1. The van der Waals surface area contributed by atoms with Gasteiger partial charge in [-0.1, -0.05) is 13.0 Å². The normalized spacial score (nSPS) is 18.3. The van der Waals surface area contributed by atoms with Crippen LogP contribution in [0.3, 0.4) is 0 Å². The van der Waals surface area contributed by atoms with Crippen LogP contribution in [-0.2, 0) is 10.0 Å². The molecule has 0 heterocycles. The monoisotopic (exact) mass is 268 g/mol. The van der Waals surface area contributed by atoms with Gasteiger partial charge in [-0.15, -0.1) is 0 Å². The summed E-state index contributed by atoms with van der Waals surface area (Å²) < 4.78 is 27.5. The zero-order valence-corrected chi connectivity index (χ0v) is 11.7. The molecule has 0 atom stereocenters. The van der Waals surface area contributed by atoms with E-state index in [1.165, 1.54) is 0 Å². The number of sulfonamides is 1. The van der Waals surface area contributed by atoms with E-state index in [1.807, 2.05) is 13.8 Å². The number of nitrogen functional groups attached to an aromatic ring is 1. The number of hydrogen-bond acceptors (Lipinski definition) is 3. The summed E-state index contributed by atoms with van der Waals surface area (Å²) in [7, 11) is -3.51. The first kappa shape index (κ1) is 13.4. The summed E-state index contributed by atoms with van der Waals surface area (Å²) in [5.41, 5.74) is 6.83. The van der Waals surface area contributed by atoms with E-state index in [0.29, 0.717) is 5.69 Å². The Kier molecular flexibility index (Phi) is 3.38.